The largest absolute Gasteiger partial charge is 0.481 e. The van der Waals surface area contributed by atoms with Gasteiger partial charge in [-0.05, 0) is 66.5 Å². The molecule has 1 saturated carbocycles. The summed E-state index contributed by atoms with van der Waals surface area (Å²) in [5, 5.41) is 28.9. The number of carboxylic acid groups (broad SMARTS) is 2. The molecule has 34 heavy (non-hydrogen) atoms. The Labute approximate surface area is 197 Å². The van der Waals surface area contributed by atoms with Crippen LogP contribution < -0.4 is 0 Å². The number of nitrogens with zero attached hydrogens (tertiary/aromatic N) is 1. The van der Waals surface area contributed by atoms with Gasteiger partial charge >= 0.3 is 11.9 Å². The van der Waals surface area contributed by atoms with E-state index in [1.54, 1.807) is 13.0 Å². The Morgan fingerprint density at radius 1 is 1.29 bits per heavy atom. The Morgan fingerprint density at radius 3 is 2.71 bits per heavy atom. The normalized spacial score (nSPS) is 26.2. The number of carboxylic acids is 2. The lowest BCUT2D eigenvalue weighted by atomic mass is 9.59. The van der Waals surface area contributed by atoms with E-state index in [4.69, 9.17) is 5.11 Å². The van der Waals surface area contributed by atoms with Gasteiger partial charge in [-0.25, -0.2) is 4.79 Å². The summed E-state index contributed by atoms with van der Waals surface area (Å²) in [5.74, 6) is -0.971. The lowest BCUT2D eigenvalue weighted by Crippen LogP contribution is -2.41. The van der Waals surface area contributed by atoms with E-state index in [1.807, 2.05) is 6.92 Å². The molecule has 0 aliphatic heterocycles. The van der Waals surface area contributed by atoms with Crippen LogP contribution in [0.3, 0.4) is 0 Å². The van der Waals surface area contributed by atoms with Crippen molar-refractivity contribution in [1.82, 2.24) is 0 Å². The molecule has 2 N–H and O–H groups in total. The summed E-state index contributed by atoms with van der Waals surface area (Å²) in [6, 6.07) is 5.87. The first-order valence-electron chi connectivity index (χ1n) is 11.4. The summed E-state index contributed by atoms with van der Waals surface area (Å²) in [6.45, 7) is 3.65. The van der Waals surface area contributed by atoms with Gasteiger partial charge in [0.05, 0.1) is 10.3 Å². The summed E-state index contributed by atoms with van der Waals surface area (Å²) in [6.07, 6.45) is 13.4. The van der Waals surface area contributed by atoms with Crippen LogP contribution in [0.2, 0.25) is 0 Å². The first-order valence-corrected chi connectivity index (χ1v) is 11.4. The number of hydrogen-bond acceptors (Lipinski definition) is 4. The van der Waals surface area contributed by atoms with Crippen molar-refractivity contribution in [2.24, 2.45) is 17.3 Å². The molecule has 0 bridgehead atoms. The van der Waals surface area contributed by atoms with Crippen molar-refractivity contribution in [3.63, 3.8) is 0 Å². The molecule has 4 aliphatic carbocycles. The van der Waals surface area contributed by atoms with Crippen molar-refractivity contribution in [2.45, 2.75) is 39.5 Å². The van der Waals surface area contributed by atoms with Gasteiger partial charge in [0.1, 0.15) is 0 Å². The van der Waals surface area contributed by atoms with Crippen LogP contribution in [-0.4, -0.2) is 27.1 Å². The number of benzene rings is 1. The molecule has 7 heteroatoms. The second-order valence-corrected chi connectivity index (χ2v) is 9.28. The van der Waals surface area contributed by atoms with Crippen molar-refractivity contribution in [1.29, 1.82) is 0 Å². The maximum atomic E-state index is 11.7. The molecule has 0 saturated heterocycles. The topological polar surface area (TPSA) is 118 Å². The fourth-order valence-electron chi connectivity index (χ4n) is 5.11. The van der Waals surface area contributed by atoms with Gasteiger partial charge in [-0.15, -0.1) is 0 Å². The SMILES string of the molecule is CC1(C(=O)O)CCC2=CC3=CC3C3=C2C1CC=C3.CCC(=Cc1cccc([N+](=O)[O-])c1)C(=O)O. The lowest BCUT2D eigenvalue weighted by Gasteiger charge is -2.44. The smallest absolute Gasteiger partial charge is 0.331 e. The monoisotopic (exact) mass is 461 g/mol. The maximum Gasteiger partial charge on any atom is 0.331 e. The molecule has 1 aromatic carbocycles. The van der Waals surface area contributed by atoms with Crippen molar-refractivity contribution < 1.29 is 24.7 Å². The van der Waals surface area contributed by atoms with Crippen molar-refractivity contribution in [2.75, 3.05) is 0 Å². The van der Waals surface area contributed by atoms with Crippen LogP contribution in [0.1, 0.15) is 45.1 Å². The summed E-state index contributed by atoms with van der Waals surface area (Å²) >= 11 is 0. The van der Waals surface area contributed by atoms with Crippen molar-refractivity contribution in [3.8, 4) is 0 Å². The Morgan fingerprint density at radius 2 is 2.06 bits per heavy atom. The molecular weight excluding hydrogens is 434 g/mol. The maximum absolute atomic E-state index is 11.7. The molecule has 3 atom stereocenters. The van der Waals surface area contributed by atoms with E-state index in [9.17, 15) is 24.8 Å². The molecule has 0 heterocycles. The standard InChI is InChI=1S/C16H16O2.C11H11NO4/c1-16(15(17)18)6-5-9-7-10-8-12(10)11-3-2-4-13(16)14(9)11;1-2-9(11(13)14)6-8-4-3-5-10(7-8)12(15)16/h2-3,7-8,12-13H,4-6H2,1H3,(H,17,18);3-7H,2H2,1H3,(H,13,14). The Hall–Kier alpha value is -3.74. The molecule has 0 amide bonds. The van der Waals surface area contributed by atoms with E-state index >= 15 is 0 Å². The predicted octanol–water partition coefficient (Wildman–Crippen LogP) is 5.71. The van der Waals surface area contributed by atoms with Crippen LogP contribution in [-0.2, 0) is 9.59 Å². The molecule has 5 rings (SSSR count). The number of aliphatic carboxylic acids is 2. The summed E-state index contributed by atoms with van der Waals surface area (Å²) in [5.41, 5.74) is 5.69. The van der Waals surface area contributed by atoms with Crippen LogP contribution in [0, 0.1) is 27.4 Å². The van der Waals surface area contributed by atoms with E-state index < -0.39 is 22.3 Å². The van der Waals surface area contributed by atoms with E-state index in [-0.39, 0.29) is 17.2 Å². The molecule has 176 valence electrons. The number of carbonyl (C=O) groups is 2. The first-order chi connectivity index (χ1) is 16.2. The minimum atomic E-state index is -1.01. The summed E-state index contributed by atoms with van der Waals surface area (Å²) < 4.78 is 0. The number of hydrogen-bond donors (Lipinski definition) is 2. The van der Waals surface area contributed by atoms with Crippen molar-refractivity contribution >= 4 is 23.7 Å². The zero-order chi connectivity index (χ0) is 24.6. The number of non-ortho nitro benzene ring substituents is 1. The molecule has 0 aromatic heterocycles. The molecule has 3 unspecified atom stereocenters. The number of nitro groups is 1. The highest BCUT2D eigenvalue weighted by Gasteiger charge is 2.50. The van der Waals surface area contributed by atoms with Gasteiger partial charge in [0.25, 0.3) is 5.69 Å². The molecular formula is C27H27NO6. The molecule has 1 aromatic rings. The van der Waals surface area contributed by atoms with E-state index in [0.29, 0.717) is 17.9 Å². The average Bonchev–Trinajstić information content (AvgIpc) is 3.60. The van der Waals surface area contributed by atoms with Crippen LogP contribution in [0.15, 0.2) is 76.4 Å². The van der Waals surface area contributed by atoms with Gasteiger partial charge in [-0.2, -0.15) is 0 Å². The van der Waals surface area contributed by atoms with E-state index in [1.165, 1.54) is 46.6 Å². The Balaban J connectivity index is 0.000000163. The molecule has 0 spiro atoms. The fourth-order valence-corrected chi connectivity index (χ4v) is 5.11. The summed E-state index contributed by atoms with van der Waals surface area (Å²) in [7, 11) is 0. The van der Waals surface area contributed by atoms with Crippen molar-refractivity contribution in [3.05, 3.63) is 92.1 Å². The minimum absolute atomic E-state index is 0.0467. The average molecular weight is 462 g/mol. The number of nitro benzene ring substituents is 1. The zero-order valence-electron chi connectivity index (χ0n) is 19.2. The molecule has 7 nitrogen and oxygen atoms in total. The van der Waals surface area contributed by atoms with Crippen LogP contribution in [0.4, 0.5) is 5.69 Å². The van der Waals surface area contributed by atoms with Crippen LogP contribution in [0.25, 0.3) is 6.08 Å². The second-order valence-electron chi connectivity index (χ2n) is 9.28. The molecule has 0 radical (unpaired) electrons. The Bertz CT molecular complexity index is 1230. The van der Waals surface area contributed by atoms with Gasteiger partial charge in [-0.3, -0.25) is 14.9 Å². The fraction of sp³-hybridized carbons (Fsp3) is 0.333. The third-order valence-corrected chi connectivity index (χ3v) is 7.21. The minimum Gasteiger partial charge on any atom is -0.481 e. The van der Waals surface area contributed by atoms with Gasteiger partial charge in [-0.1, -0.05) is 43.4 Å². The van der Waals surface area contributed by atoms with E-state index in [2.05, 4.69) is 24.3 Å². The van der Waals surface area contributed by atoms with Gasteiger partial charge in [0, 0.05) is 29.5 Å². The highest BCUT2D eigenvalue weighted by Crippen LogP contribution is 2.57. The molecule has 1 fully saturated rings. The lowest BCUT2D eigenvalue weighted by molar-refractivity contribution is -0.384. The summed E-state index contributed by atoms with van der Waals surface area (Å²) in [4.78, 5) is 32.4. The highest BCUT2D eigenvalue weighted by atomic mass is 16.6. The van der Waals surface area contributed by atoms with Crippen LogP contribution >= 0.6 is 0 Å². The van der Waals surface area contributed by atoms with Crippen LogP contribution in [0.5, 0.6) is 0 Å². The third-order valence-electron chi connectivity index (χ3n) is 7.21. The Kier molecular flexibility index (Phi) is 6.13. The number of rotatable bonds is 5. The predicted molar refractivity (Wildman–Crippen MR) is 128 cm³/mol. The van der Waals surface area contributed by atoms with Gasteiger partial charge in [0.15, 0.2) is 0 Å². The second kappa shape index (κ2) is 8.89. The quantitative estimate of drug-likeness (QED) is 0.329. The molecule has 4 aliphatic rings. The highest BCUT2D eigenvalue weighted by molar-refractivity contribution is 5.92. The third kappa shape index (κ3) is 4.25. The first kappa shape index (κ1) is 23.4. The zero-order valence-corrected chi connectivity index (χ0v) is 19.2. The van der Waals surface area contributed by atoms with Gasteiger partial charge < -0.3 is 10.2 Å². The number of fused-ring (bicyclic) bond motifs is 2. The number of allylic oxidation sites excluding steroid dienone is 8. The van der Waals surface area contributed by atoms with E-state index in [0.717, 1.165) is 19.3 Å². The van der Waals surface area contributed by atoms with Gasteiger partial charge in [0.2, 0.25) is 0 Å².